The average Bonchev–Trinajstić information content (AvgIpc) is 3.08. The molecule has 0 radical (unpaired) electrons. The van der Waals surface area contributed by atoms with Crippen molar-refractivity contribution in [2.45, 2.75) is 29.9 Å². The summed E-state index contributed by atoms with van der Waals surface area (Å²) in [6.07, 6.45) is 1.27. The van der Waals surface area contributed by atoms with Gasteiger partial charge in [-0.2, -0.15) is 0 Å². The number of aryl methyl sites for hydroxylation is 1. The fourth-order valence-electron chi connectivity index (χ4n) is 2.40. The fraction of sp³-hybridized carbons (Fsp3) is 0.200. The number of rotatable bonds is 7. The molecule has 1 aromatic heterocycles. The molecule has 3 aromatic rings. The van der Waals surface area contributed by atoms with Gasteiger partial charge in [0.1, 0.15) is 4.34 Å². The van der Waals surface area contributed by atoms with Crippen molar-refractivity contribution in [1.29, 1.82) is 0 Å². The lowest BCUT2D eigenvalue weighted by molar-refractivity contribution is -0.115. The largest absolute Gasteiger partial charge is 0.326 e. The van der Waals surface area contributed by atoms with Crippen LogP contribution in [0.25, 0.3) is 0 Å². The number of hydrogen-bond donors (Lipinski definition) is 1. The zero-order valence-corrected chi connectivity index (χ0v) is 16.8. The number of thiazole rings is 1. The van der Waals surface area contributed by atoms with Gasteiger partial charge in [0.2, 0.25) is 5.91 Å². The predicted octanol–water partition coefficient (Wildman–Crippen LogP) is 5.83. The Morgan fingerprint density at radius 1 is 1.19 bits per heavy atom. The molecule has 0 fully saturated rings. The molecule has 0 aliphatic carbocycles. The maximum absolute atomic E-state index is 12.2. The predicted molar refractivity (Wildman–Crippen MR) is 111 cm³/mol. The van der Waals surface area contributed by atoms with Gasteiger partial charge in [-0.15, -0.1) is 11.3 Å². The first-order valence-electron chi connectivity index (χ1n) is 8.33. The van der Waals surface area contributed by atoms with Gasteiger partial charge in [-0.25, -0.2) is 4.98 Å². The number of carbonyl (C=O) groups is 1. The van der Waals surface area contributed by atoms with E-state index in [2.05, 4.69) is 17.2 Å². The molecule has 0 aliphatic heterocycles. The van der Waals surface area contributed by atoms with Crippen molar-refractivity contribution < 1.29 is 4.79 Å². The Hall–Kier alpha value is -1.82. The highest BCUT2D eigenvalue weighted by Gasteiger charge is 2.09. The van der Waals surface area contributed by atoms with Crippen LogP contribution in [0.3, 0.4) is 0 Å². The molecule has 0 unspecified atom stereocenters. The lowest BCUT2D eigenvalue weighted by Crippen LogP contribution is -2.14. The highest BCUT2D eigenvalue weighted by Crippen LogP contribution is 2.27. The fourth-order valence-corrected chi connectivity index (χ4v) is 4.40. The van der Waals surface area contributed by atoms with Gasteiger partial charge >= 0.3 is 0 Å². The Kier molecular flexibility index (Phi) is 6.72. The molecule has 26 heavy (non-hydrogen) atoms. The van der Waals surface area contributed by atoms with Crippen molar-refractivity contribution in [2.24, 2.45) is 0 Å². The molecule has 1 N–H and O–H groups in total. The van der Waals surface area contributed by atoms with E-state index in [1.54, 1.807) is 23.1 Å². The minimum absolute atomic E-state index is 0.0501. The van der Waals surface area contributed by atoms with Gasteiger partial charge in [0, 0.05) is 21.8 Å². The molecule has 0 saturated carbocycles. The lowest BCUT2D eigenvalue weighted by atomic mass is 10.1. The van der Waals surface area contributed by atoms with Gasteiger partial charge in [0.15, 0.2) is 0 Å². The summed E-state index contributed by atoms with van der Waals surface area (Å²) in [6.45, 7) is 2.11. The molecule has 0 atom stereocenters. The molecule has 0 spiro atoms. The van der Waals surface area contributed by atoms with Crippen molar-refractivity contribution in [3.63, 3.8) is 0 Å². The highest BCUT2D eigenvalue weighted by molar-refractivity contribution is 8.00. The number of aromatic nitrogens is 1. The van der Waals surface area contributed by atoms with E-state index >= 15 is 0 Å². The Morgan fingerprint density at radius 2 is 2.00 bits per heavy atom. The van der Waals surface area contributed by atoms with Crippen molar-refractivity contribution in [3.05, 3.63) is 75.8 Å². The van der Waals surface area contributed by atoms with E-state index in [0.29, 0.717) is 0 Å². The van der Waals surface area contributed by atoms with Crippen LogP contribution in [0, 0.1) is 0 Å². The summed E-state index contributed by atoms with van der Waals surface area (Å²) in [7, 11) is 0. The van der Waals surface area contributed by atoms with Crippen LogP contribution in [0.5, 0.6) is 0 Å². The van der Waals surface area contributed by atoms with E-state index in [9.17, 15) is 4.79 Å². The number of thioether (sulfide) groups is 1. The highest BCUT2D eigenvalue weighted by atomic mass is 35.5. The van der Waals surface area contributed by atoms with Crippen LogP contribution in [0.1, 0.15) is 23.7 Å². The van der Waals surface area contributed by atoms with Gasteiger partial charge in [0.05, 0.1) is 12.1 Å². The summed E-state index contributed by atoms with van der Waals surface area (Å²) in [5.41, 5.74) is 4.03. The zero-order chi connectivity index (χ0) is 18.4. The number of hydrogen-bond acceptors (Lipinski definition) is 4. The molecule has 2 aromatic carbocycles. The second-order valence-electron chi connectivity index (χ2n) is 5.80. The topological polar surface area (TPSA) is 42.0 Å². The summed E-state index contributed by atoms with van der Waals surface area (Å²) < 4.78 is 0.958. The molecule has 3 nitrogen and oxygen atoms in total. The Morgan fingerprint density at radius 3 is 2.73 bits per heavy atom. The van der Waals surface area contributed by atoms with Gasteiger partial charge in [-0.05, 0) is 41.8 Å². The van der Waals surface area contributed by atoms with E-state index in [1.807, 2.05) is 53.9 Å². The maximum Gasteiger partial charge on any atom is 0.230 e. The number of benzene rings is 2. The molecule has 0 aliphatic rings. The van der Waals surface area contributed by atoms with Gasteiger partial charge in [-0.1, -0.05) is 54.6 Å². The van der Waals surface area contributed by atoms with Crippen molar-refractivity contribution in [2.75, 3.05) is 5.32 Å². The third kappa shape index (κ3) is 5.59. The van der Waals surface area contributed by atoms with Crippen LogP contribution in [-0.2, 0) is 23.4 Å². The number of halogens is 1. The first-order valence-corrected chi connectivity index (χ1v) is 10.6. The number of amides is 1. The number of anilines is 1. The number of nitrogens with zero attached hydrogens (tertiary/aromatic N) is 1. The van der Waals surface area contributed by atoms with Gasteiger partial charge < -0.3 is 5.32 Å². The summed E-state index contributed by atoms with van der Waals surface area (Å²) >= 11 is 9.22. The van der Waals surface area contributed by atoms with E-state index in [1.165, 1.54) is 5.56 Å². The van der Waals surface area contributed by atoms with Crippen LogP contribution in [-0.4, -0.2) is 10.9 Å². The lowest BCUT2D eigenvalue weighted by Gasteiger charge is -2.05. The van der Waals surface area contributed by atoms with Crippen LogP contribution in [0.4, 0.5) is 5.69 Å². The summed E-state index contributed by atoms with van der Waals surface area (Å²) in [4.78, 5) is 16.7. The van der Waals surface area contributed by atoms with Crippen molar-refractivity contribution >= 4 is 46.3 Å². The Balaban J connectivity index is 1.51. The van der Waals surface area contributed by atoms with Crippen LogP contribution < -0.4 is 5.32 Å². The Labute approximate surface area is 166 Å². The van der Waals surface area contributed by atoms with E-state index < -0.39 is 0 Å². The van der Waals surface area contributed by atoms with Gasteiger partial charge in [-0.3, -0.25) is 4.79 Å². The number of carbonyl (C=O) groups excluding carboxylic acids is 1. The van der Waals surface area contributed by atoms with Crippen LogP contribution >= 0.6 is 34.7 Å². The number of nitrogens with one attached hydrogen (secondary N) is 1. The van der Waals surface area contributed by atoms with E-state index in [0.717, 1.165) is 38.5 Å². The second-order valence-corrected chi connectivity index (χ2v) is 8.32. The SMILES string of the molecule is CCc1ccc(NC(=O)Cc2csc(SCc3cccc(Cl)c3)n2)cc1. The minimum Gasteiger partial charge on any atom is -0.326 e. The third-order valence-electron chi connectivity index (χ3n) is 3.77. The standard InChI is InChI=1S/C20H19ClN2OS2/c1-2-14-6-8-17(9-7-14)22-19(24)11-18-13-26-20(23-18)25-12-15-4-3-5-16(21)10-15/h3-10,13H,2,11-12H2,1H3,(H,22,24). The summed E-state index contributed by atoms with van der Waals surface area (Å²) in [5, 5.41) is 5.61. The zero-order valence-electron chi connectivity index (χ0n) is 14.4. The molecule has 0 saturated heterocycles. The first kappa shape index (κ1) is 19.0. The normalized spacial score (nSPS) is 10.7. The first-order chi connectivity index (χ1) is 12.6. The molecular weight excluding hydrogens is 384 g/mol. The molecule has 1 heterocycles. The molecule has 134 valence electrons. The van der Waals surface area contributed by atoms with Crippen molar-refractivity contribution in [3.8, 4) is 0 Å². The van der Waals surface area contributed by atoms with Crippen LogP contribution in [0.15, 0.2) is 58.3 Å². The summed E-state index contributed by atoms with van der Waals surface area (Å²) in [5.74, 6) is 0.759. The summed E-state index contributed by atoms with van der Waals surface area (Å²) in [6, 6.07) is 15.7. The van der Waals surface area contributed by atoms with E-state index in [4.69, 9.17) is 11.6 Å². The second kappa shape index (κ2) is 9.21. The molecular formula is C20H19ClN2OS2. The van der Waals surface area contributed by atoms with Crippen LogP contribution in [0.2, 0.25) is 5.02 Å². The minimum atomic E-state index is -0.0501. The quantitative estimate of drug-likeness (QED) is 0.505. The van der Waals surface area contributed by atoms with Crippen molar-refractivity contribution in [1.82, 2.24) is 4.98 Å². The van der Waals surface area contributed by atoms with Gasteiger partial charge in [0.25, 0.3) is 0 Å². The molecule has 0 bridgehead atoms. The van der Waals surface area contributed by atoms with E-state index in [-0.39, 0.29) is 12.3 Å². The third-order valence-corrected chi connectivity index (χ3v) is 6.15. The Bertz CT molecular complexity index is 878. The molecule has 1 amide bonds. The monoisotopic (exact) mass is 402 g/mol. The smallest absolute Gasteiger partial charge is 0.230 e. The average molecular weight is 403 g/mol. The molecule has 3 rings (SSSR count). The maximum atomic E-state index is 12.2. The molecule has 6 heteroatoms.